The van der Waals surface area contributed by atoms with Crippen LogP contribution in [0.1, 0.15) is 11.8 Å². The van der Waals surface area contributed by atoms with Gasteiger partial charge >= 0.3 is 0 Å². The molecule has 2 rings (SSSR count). The molecule has 0 bridgehead atoms. The van der Waals surface area contributed by atoms with Gasteiger partial charge in [0, 0.05) is 6.92 Å². The first kappa shape index (κ1) is 10.4. The molecule has 0 aliphatic rings. The first-order valence-electron chi connectivity index (χ1n) is 4.42. The summed E-state index contributed by atoms with van der Waals surface area (Å²) in [5.41, 5.74) is 0. The van der Waals surface area contributed by atoms with Gasteiger partial charge in [0.1, 0.15) is 5.75 Å². The van der Waals surface area contributed by atoms with Gasteiger partial charge < -0.3 is 9.15 Å². The van der Waals surface area contributed by atoms with Crippen LogP contribution in [-0.2, 0) is 6.61 Å². The predicted octanol–water partition coefficient (Wildman–Crippen LogP) is 2.56. The van der Waals surface area contributed by atoms with E-state index < -0.39 is 0 Å². The lowest BCUT2D eigenvalue weighted by molar-refractivity contribution is 0.259. The van der Waals surface area contributed by atoms with E-state index in [2.05, 4.69) is 32.8 Å². The highest BCUT2D eigenvalue weighted by atomic mass is 127. The van der Waals surface area contributed by atoms with E-state index in [1.807, 2.05) is 24.3 Å². The molecule has 0 saturated heterocycles. The molecule has 15 heavy (non-hydrogen) atoms. The molecular weight excluding hydrogens is 307 g/mol. The van der Waals surface area contributed by atoms with E-state index in [0.717, 1.165) is 9.32 Å². The highest BCUT2D eigenvalue weighted by Gasteiger charge is 2.04. The Labute approximate surface area is 101 Å². The molecular formula is C10H9IN2O2. The minimum Gasteiger partial charge on any atom is -0.483 e. The van der Waals surface area contributed by atoms with Crippen molar-refractivity contribution in [2.75, 3.05) is 0 Å². The van der Waals surface area contributed by atoms with Crippen LogP contribution in [0.5, 0.6) is 5.75 Å². The fourth-order valence-corrected chi connectivity index (χ4v) is 1.64. The highest BCUT2D eigenvalue weighted by molar-refractivity contribution is 14.1. The average molecular weight is 316 g/mol. The molecule has 5 heteroatoms. The van der Waals surface area contributed by atoms with Crippen molar-refractivity contribution in [3.63, 3.8) is 0 Å². The monoisotopic (exact) mass is 316 g/mol. The van der Waals surface area contributed by atoms with Gasteiger partial charge in [0.2, 0.25) is 5.89 Å². The van der Waals surface area contributed by atoms with Gasteiger partial charge in [-0.15, -0.1) is 10.2 Å². The van der Waals surface area contributed by atoms with Crippen molar-refractivity contribution in [1.29, 1.82) is 0 Å². The van der Waals surface area contributed by atoms with Crippen molar-refractivity contribution in [3.05, 3.63) is 39.6 Å². The van der Waals surface area contributed by atoms with Gasteiger partial charge in [0.25, 0.3) is 5.89 Å². The zero-order chi connectivity index (χ0) is 10.7. The summed E-state index contributed by atoms with van der Waals surface area (Å²) in [6.07, 6.45) is 0. The maximum Gasteiger partial charge on any atom is 0.253 e. The first-order chi connectivity index (χ1) is 7.25. The van der Waals surface area contributed by atoms with Crippen LogP contribution in [0, 0.1) is 10.5 Å². The summed E-state index contributed by atoms with van der Waals surface area (Å²) in [5.74, 6) is 1.87. The molecule has 0 spiro atoms. The summed E-state index contributed by atoms with van der Waals surface area (Å²) in [4.78, 5) is 0. The Kier molecular flexibility index (Phi) is 3.20. The molecule has 1 heterocycles. The van der Waals surface area contributed by atoms with E-state index in [9.17, 15) is 0 Å². The average Bonchev–Trinajstić information content (AvgIpc) is 2.63. The number of nitrogens with zero attached hydrogens (tertiary/aromatic N) is 2. The van der Waals surface area contributed by atoms with E-state index in [1.54, 1.807) is 6.92 Å². The number of hydrogen-bond donors (Lipinski definition) is 0. The molecule has 78 valence electrons. The maximum absolute atomic E-state index is 5.53. The van der Waals surface area contributed by atoms with E-state index in [1.165, 1.54) is 0 Å². The standard InChI is InChI=1S/C10H9IN2O2/c1-7-12-13-10(15-7)6-14-9-5-3-2-4-8(9)11/h2-5H,6H2,1H3. The molecule has 0 aliphatic heterocycles. The number of para-hydroxylation sites is 1. The van der Waals surface area contributed by atoms with Crippen LogP contribution < -0.4 is 4.74 Å². The number of benzene rings is 1. The third kappa shape index (κ3) is 2.68. The quantitative estimate of drug-likeness (QED) is 0.817. The second-order valence-corrected chi connectivity index (χ2v) is 4.10. The molecule has 2 aromatic rings. The maximum atomic E-state index is 5.53. The summed E-state index contributed by atoms with van der Waals surface area (Å²) in [6.45, 7) is 2.06. The predicted molar refractivity (Wildman–Crippen MR) is 62.5 cm³/mol. The molecule has 1 aromatic carbocycles. The van der Waals surface area contributed by atoms with Crippen LogP contribution in [0.2, 0.25) is 0 Å². The van der Waals surface area contributed by atoms with E-state index in [-0.39, 0.29) is 0 Å². The van der Waals surface area contributed by atoms with Gasteiger partial charge in [-0.1, -0.05) is 12.1 Å². The van der Waals surface area contributed by atoms with Gasteiger partial charge in [-0.3, -0.25) is 0 Å². The largest absolute Gasteiger partial charge is 0.483 e. The lowest BCUT2D eigenvalue weighted by Crippen LogP contribution is -1.97. The van der Waals surface area contributed by atoms with Crippen molar-refractivity contribution in [2.45, 2.75) is 13.5 Å². The number of hydrogen-bond acceptors (Lipinski definition) is 4. The summed E-state index contributed by atoms with van der Waals surface area (Å²) < 4.78 is 11.8. The van der Waals surface area contributed by atoms with Crippen LogP contribution in [0.25, 0.3) is 0 Å². The SMILES string of the molecule is Cc1nnc(COc2ccccc2I)o1. The van der Waals surface area contributed by atoms with Crippen molar-refractivity contribution >= 4 is 22.6 Å². The molecule has 0 saturated carbocycles. The molecule has 0 aliphatic carbocycles. The molecule has 0 fully saturated rings. The van der Waals surface area contributed by atoms with Crippen LogP contribution >= 0.6 is 22.6 Å². The number of halogens is 1. The third-order valence-electron chi connectivity index (χ3n) is 1.76. The molecule has 0 atom stereocenters. The molecule has 0 amide bonds. The Morgan fingerprint density at radius 1 is 1.33 bits per heavy atom. The molecule has 0 radical (unpaired) electrons. The van der Waals surface area contributed by atoms with Gasteiger partial charge in [-0.05, 0) is 34.7 Å². The van der Waals surface area contributed by atoms with E-state index in [0.29, 0.717) is 18.4 Å². The number of ether oxygens (including phenoxy) is 1. The van der Waals surface area contributed by atoms with Crippen molar-refractivity contribution < 1.29 is 9.15 Å². The van der Waals surface area contributed by atoms with Crippen LogP contribution in [0.4, 0.5) is 0 Å². The Balaban J connectivity index is 2.02. The van der Waals surface area contributed by atoms with E-state index in [4.69, 9.17) is 9.15 Å². The zero-order valence-electron chi connectivity index (χ0n) is 8.11. The normalized spacial score (nSPS) is 10.3. The number of aromatic nitrogens is 2. The topological polar surface area (TPSA) is 48.2 Å². The second kappa shape index (κ2) is 4.61. The number of aryl methyl sites for hydroxylation is 1. The van der Waals surface area contributed by atoms with Crippen molar-refractivity contribution in [1.82, 2.24) is 10.2 Å². The summed E-state index contributed by atoms with van der Waals surface area (Å²) in [5, 5.41) is 7.57. The molecule has 0 N–H and O–H groups in total. The van der Waals surface area contributed by atoms with Gasteiger partial charge in [-0.25, -0.2) is 0 Å². The summed E-state index contributed by atoms with van der Waals surface area (Å²) in [7, 11) is 0. The smallest absolute Gasteiger partial charge is 0.253 e. The highest BCUT2D eigenvalue weighted by Crippen LogP contribution is 2.20. The first-order valence-corrected chi connectivity index (χ1v) is 5.50. The van der Waals surface area contributed by atoms with Gasteiger partial charge in [0.05, 0.1) is 3.57 Å². The lowest BCUT2D eigenvalue weighted by Gasteiger charge is -2.04. The fourth-order valence-electron chi connectivity index (χ4n) is 1.10. The van der Waals surface area contributed by atoms with Crippen molar-refractivity contribution in [2.24, 2.45) is 0 Å². The minimum atomic E-state index is 0.306. The lowest BCUT2D eigenvalue weighted by atomic mass is 10.3. The van der Waals surface area contributed by atoms with Gasteiger partial charge in [-0.2, -0.15) is 0 Å². The fraction of sp³-hybridized carbons (Fsp3) is 0.200. The van der Waals surface area contributed by atoms with Crippen LogP contribution in [0.15, 0.2) is 28.7 Å². The molecule has 0 unspecified atom stereocenters. The summed E-state index contributed by atoms with van der Waals surface area (Å²) in [6, 6.07) is 7.78. The van der Waals surface area contributed by atoms with Crippen molar-refractivity contribution in [3.8, 4) is 5.75 Å². The van der Waals surface area contributed by atoms with Crippen LogP contribution in [0.3, 0.4) is 0 Å². The third-order valence-corrected chi connectivity index (χ3v) is 2.65. The Morgan fingerprint density at radius 2 is 2.13 bits per heavy atom. The van der Waals surface area contributed by atoms with Crippen LogP contribution in [-0.4, -0.2) is 10.2 Å². The Hall–Kier alpha value is -1.11. The van der Waals surface area contributed by atoms with Gasteiger partial charge in [0.15, 0.2) is 6.61 Å². The molecule has 4 nitrogen and oxygen atoms in total. The number of rotatable bonds is 3. The molecule has 1 aromatic heterocycles. The second-order valence-electron chi connectivity index (χ2n) is 2.93. The Morgan fingerprint density at radius 3 is 2.80 bits per heavy atom. The van der Waals surface area contributed by atoms with E-state index >= 15 is 0 Å². The zero-order valence-corrected chi connectivity index (χ0v) is 10.3. The summed E-state index contributed by atoms with van der Waals surface area (Å²) >= 11 is 2.22. The minimum absolute atomic E-state index is 0.306. The Bertz CT molecular complexity index is 456.